The zero-order chi connectivity index (χ0) is 24.2. The maximum Gasteiger partial charge on any atom is 0.193 e. The number of ketones is 2. The Morgan fingerprint density at radius 2 is 2.03 bits per heavy atom. The number of aliphatic hydroxyl groups excluding tert-OH is 1. The molecule has 0 aromatic heterocycles. The van der Waals surface area contributed by atoms with E-state index in [1.54, 1.807) is 6.08 Å². The molecule has 6 heteroatoms. The Balaban J connectivity index is 1.22. The van der Waals surface area contributed by atoms with E-state index in [2.05, 4.69) is 13.0 Å². The quantitative estimate of drug-likeness (QED) is 0.648. The summed E-state index contributed by atoms with van der Waals surface area (Å²) >= 11 is 0. The van der Waals surface area contributed by atoms with E-state index < -0.39 is 18.5 Å². The third-order valence-electron chi connectivity index (χ3n) is 10.7. The number of nitrogens with two attached hydrogens (primary N) is 1. The van der Waals surface area contributed by atoms with Gasteiger partial charge in [-0.25, -0.2) is 0 Å². The van der Waals surface area contributed by atoms with Crippen LogP contribution in [0.15, 0.2) is 48.1 Å². The highest BCUT2D eigenvalue weighted by Crippen LogP contribution is 2.76. The molecule has 5 fully saturated rings. The second-order valence-corrected chi connectivity index (χ2v) is 12.0. The number of fused-ring (bicyclic) bond motifs is 4. The molecule has 0 bridgehead atoms. The van der Waals surface area contributed by atoms with E-state index in [0.29, 0.717) is 35.8 Å². The van der Waals surface area contributed by atoms with Crippen LogP contribution >= 0.6 is 0 Å². The first-order valence-corrected chi connectivity index (χ1v) is 13.1. The SMILES string of the molecule is CC12CC3CC45C=CC(=O)C=C4CCC(C35)C1CC1OC(Cc3ccc(N)cc3)OC12C(=O)CO. The Morgan fingerprint density at radius 1 is 1.23 bits per heavy atom. The largest absolute Gasteiger partial charge is 0.399 e. The molecule has 4 saturated carbocycles. The third kappa shape index (κ3) is 2.66. The van der Waals surface area contributed by atoms with Crippen molar-refractivity contribution in [3.63, 3.8) is 0 Å². The van der Waals surface area contributed by atoms with Crippen molar-refractivity contribution in [1.82, 2.24) is 0 Å². The van der Waals surface area contributed by atoms with Crippen LogP contribution in [-0.4, -0.2) is 41.3 Å². The highest BCUT2D eigenvalue weighted by atomic mass is 16.7. The van der Waals surface area contributed by atoms with E-state index in [1.165, 1.54) is 5.57 Å². The van der Waals surface area contributed by atoms with Gasteiger partial charge in [0.2, 0.25) is 0 Å². The average molecular weight is 476 g/mol. The summed E-state index contributed by atoms with van der Waals surface area (Å²) in [6, 6.07) is 7.67. The average Bonchev–Trinajstić information content (AvgIpc) is 3.31. The Hall–Kier alpha value is -2.28. The van der Waals surface area contributed by atoms with Crippen LogP contribution in [0, 0.1) is 34.5 Å². The van der Waals surface area contributed by atoms with E-state index in [0.717, 1.165) is 37.7 Å². The molecule has 5 aliphatic carbocycles. The van der Waals surface area contributed by atoms with Gasteiger partial charge < -0.3 is 20.3 Å². The first-order valence-electron chi connectivity index (χ1n) is 13.1. The van der Waals surface area contributed by atoms with E-state index in [1.807, 2.05) is 30.3 Å². The van der Waals surface area contributed by atoms with Gasteiger partial charge in [0.25, 0.3) is 0 Å². The van der Waals surface area contributed by atoms with Crippen LogP contribution in [0.3, 0.4) is 0 Å². The minimum atomic E-state index is -1.10. The highest BCUT2D eigenvalue weighted by molar-refractivity contribution is 6.01. The van der Waals surface area contributed by atoms with Crippen LogP contribution in [0.25, 0.3) is 0 Å². The number of aliphatic hydroxyl groups is 1. The maximum absolute atomic E-state index is 13.5. The van der Waals surface area contributed by atoms with Gasteiger partial charge in [0, 0.05) is 22.9 Å². The molecule has 0 amide bonds. The summed E-state index contributed by atoms with van der Waals surface area (Å²) in [5, 5.41) is 10.1. The fourth-order valence-corrected chi connectivity index (χ4v) is 9.55. The van der Waals surface area contributed by atoms with Crippen molar-refractivity contribution in [2.75, 3.05) is 12.3 Å². The lowest BCUT2D eigenvalue weighted by Crippen LogP contribution is -2.66. The number of benzene rings is 1. The minimum absolute atomic E-state index is 0.0358. The summed E-state index contributed by atoms with van der Waals surface area (Å²) in [7, 11) is 0. The molecule has 9 atom stereocenters. The number of hydrogen-bond acceptors (Lipinski definition) is 6. The topological polar surface area (TPSA) is 98.9 Å². The van der Waals surface area contributed by atoms with Crippen molar-refractivity contribution in [3.8, 4) is 0 Å². The Labute approximate surface area is 205 Å². The van der Waals surface area contributed by atoms with Crippen LogP contribution in [0.4, 0.5) is 5.69 Å². The zero-order valence-electron chi connectivity index (χ0n) is 20.1. The second kappa shape index (κ2) is 7.15. The molecule has 7 rings (SSSR count). The number of ether oxygens (including phenoxy) is 2. The van der Waals surface area contributed by atoms with Gasteiger partial charge in [-0.05, 0) is 85.6 Å². The zero-order valence-corrected chi connectivity index (χ0v) is 20.1. The van der Waals surface area contributed by atoms with E-state index in [4.69, 9.17) is 15.2 Å². The number of carbonyl (C=O) groups is 2. The van der Waals surface area contributed by atoms with Crippen molar-refractivity contribution >= 4 is 17.3 Å². The van der Waals surface area contributed by atoms with Crippen molar-refractivity contribution < 1.29 is 24.2 Å². The van der Waals surface area contributed by atoms with Crippen LogP contribution < -0.4 is 5.73 Å². The molecule has 1 aromatic carbocycles. The summed E-state index contributed by atoms with van der Waals surface area (Å²) in [6.07, 6.45) is 10.2. The number of Topliss-reactive ketones (excluding diaryl/α,β-unsaturated/α-hetero) is 1. The molecule has 184 valence electrons. The van der Waals surface area contributed by atoms with Gasteiger partial charge in [-0.15, -0.1) is 0 Å². The van der Waals surface area contributed by atoms with Crippen molar-refractivity contribution in [1.29, 1.82) is 0 Å². The summed E-state index contributed by atoms with van der Waals surface area (Å²) < 4.78 is 13.2. The van der Waals surface area contributed by atoms with Crippen molar-refractivity contribution in [2.24, 2.45) is 34.5 Å². The number of nitrogen functional groups attached to an aromatic ring is 1. The summed E-state index contributed by atoms with van der Waals surface area (Å²) in [4.78, 5) is 25.6. The van der Waals surface area contributed by atoms with Crippen LogP contribution in [0.5, 0.6) is 0 Å². The fourth-order valence-electron chi connectivity index (χ4n) is 9.55. The summed E-state index contributed by atoms with van der Waals surface area (Å²) in [6.45, 7) is 1.70. The summed E-state index contributed by atoms with van der Waals surface area (Å²) in [5.41, 5.74) is 7.47. The number of anilines is 1. The highest BCUT2D eigenvalue weighted by Gasteiger charge is 2.77. The predicted molar refractivity (Wildman–Crippen MR) is 129 cm³/mol. The first-order chi connectivity index (χ1) is 16.8. The number of carbonyl (C=O) groups excluding carboxylic acids is 2. The maximum atomic E-state index is 13.5. The Bertz CT molecular complexity index is 1170. The molecule has 3 N–H and O–H groups in total. The fraction of sp³-hybridized carbons (Fsp3) is 0.586. The Kier molecular flexibility index (Phi) is 4.48. The lowest BCUT2D eigenvalue weighted by Gasteiger charge is -2.69. The molecule has 1 saturated heterocycles. The molecule has 9 unspecified atom stereocenters. The summed E-state index contributed by atoms with van der Waals surface area (Å²) in [5.74, 6) is 1.66. The third-order valence-corrected chi connectivity index (χ3v) is 10.7. The van der Waals surface area contributed by atoms with Gasteiger partial charge >= 0.3 is 0 Å². The minimum Gasteiger partial charge on any atom is -0.399 e. The lowest BCUT2D eigenvalue weighted by molar-refractivity contribution is -0.211. The monoisotopic (exact) mass is 475 g/mol. The molecule has 6 aliphatic rings. The molecule has 1 heterocycles. The van der Waals surface area contributed by atoms with Gasteiger partial charge in [0.05, 0.1) is 6.10 Å². The number of hydrogen-bond donors (Lipinski definition) is 2. The molecule has 1 aliphatic heterocycles. The molecule has 6 nitrogen and oxygen atoms in total. The molecule has 1 spiro atoms. The van der Waals surface area contributed by atoms with Crippen molar-refractivity contribution in [2.45, 2.75) is 63.4 Å². The van der Waals surface area contributed by atoms with E-state index >= 15 is 0 Å². The molecule has 1 aromatic rings. The van der Waals surface area contributed by atoms with Gasteiger partial charge in [0.1, 0.15) is 6.61 Å². The Morgan fingerprint density at radius 3 is 2.80 bits per heavy atom. The van der Waals surface area contributed by atoms with Gasteiger partial charge in [-0.2, -0.15) is 0 Å². The van der Waals surface area contributed by atoms with E-state index in [-0.39, 0.29) is 28.5 Å². The standard InChI is InChI=1S/C29H33NO5/c1-27-13-17-14-28-9-8-20(32)11-18(28)4-7-21(26(17)28)22(27)12-24-29(27,23(33)15-31)35-25(34-24)10-16-2-5-19(30)6-3-16/h2-3,5-6,8-9,11,17,21-22,24-26,31H,4,7,10,12-15,30H2,1H3. The molecular weight excluding hydrogens is 442 g/mol. The van der Waals surface area contributed by atoms with E-state index in [9.17, 15) is 14.7 Å². The van der Waals surface area contributed by atoms with Gasteiger partial charge in [-0.3, -0.25) is 9.59 Å². The van der Waals surface area contributed by atoms with Crippen LogP contribution in [0.1, 0.15) is 44.6 Å². The van der Waals surface area contributed by atoms with Gasteiger partial charge in [-0.1, -0.05) is 30.7 Å². The molecular formula is C29H33NO5. The van der Waals surface area contributed by atoms with Crippen LogP contribution in [0.2, 0.25) is 0 Å². The van der Waals surface area contributed by atoms with Gasteiger partial charge in [0.15, 0.2) is 23.5 Å². The number of allylic oxidation sites excluding steroid dienone is 4. The smallest absolute Gasteiger partial charge is 0.193 e. The number of rotatable bonds is 4. The second-order valence-electron chi connectivity index (χ2n) is 12.0. The van der Waals surface area contributed by atoms with Crippen LogP contribution in [-0.2, 0) is 25.5 Å². The first kappa shape index (κ1) is 22.0. The normalized spacial score (nSPS) is 46.7. The lowest BCUT2D eigenvalue weighted by atomic mass is 9.35. The predicted octanol–water partition coefficient (Wildman–Crippen LogP) is 3.38. The molecule has 35 heavy (non-hydrogen) atoms. The van der Waals surface area contributed by atoms with Crippen molar-refractivity contribution in [3.05, 3.63) is 53.6 Å². The molecule has 0 radical (unpaired) electrons.